The first kappa shape index (κ1) is 13.7. The molecule has 0 heterocycles. The maximum absolute atomic E-state index is 11.8. The van der Waals surface area contributed by atoms with Gasteiger partial charge < -0.3 is 4.74 Å². The first-order valence-corrected chi connectivity index (χ1v) is 7.02. The van der Waals surface area contributed by atoms with Gasteiger partial charge in [0, 0.05) is 22.4 Å². The fraction of sp³-hybridized carbons (Fsp3) is 0.500. The minimum atomic E-state index is 0.261. The van der Waals surface area contributed by atoms with Crippen molar-refractivity contribution in [3.8, 4) is 5.75 Å². The van der Waals surface area contributed by atoms with Crippen LogP contribution < -0.4 is 4.74 Å². The molecule has 4 heteroatoms. The summed E-state index contributed by atoms with van der Waals surface area (Å²) < 4.78 is 5.51. The Balaban J connectivity index is 1.79. The number of hydrogen-bond donors (Lipinski definition) is 0. The van der Waals surface area contributed by atoms with E-state index in [9.17, 15) is 4.79 Å². The summed E-state index contributed by atoms with van der Waals surface area (Å²) in [6.45, 7) is 0.395. The van der Waals surface area contributed by atoms with Gasteiger partial charge in [-0.15, -0.1) is 0 Å². The molecule has 98 valence electrons. The van der Waals surface area contributed by atoms with Crippen molar-refractivity contribution in [1.29, 1.82) is 0 Å². The standard InChI is InChI=1S/C14H16Cl2O2/c15-11-7-12(16)9-13(8-11)18-6-5-14(17)10-3-1-2-4-10/h7-10H,1-6H2. The van der Waals surface area contributed by atoms with Crippen LogP contribution in [0.5, 0.6) is 5.75 Å². The van der Waals surface area contributed by atoms with Gasteiger partial charge >= 0.3 is 0 Å². The summed E-state index contributed by atoms with van der Waals surface area (Å²) in [6, 6.07) is 5.06. The molecule has 0 N–H and O–H groups in total. The number of benzene rings is 1. The van der Waals surface area contributed by atoms with Gasteiger partial charge in [-0.2, -0.15) is 0 Å². The third-order valence-electron chi connectivity index (χ3n) is 3.26. The molecule has 1 aliphatic carbocycles. The average Bonchev–Trinajstić information content (AvgIpc) is 2.80. The molecule has 0 bridgehead atoms. The topological polar surface area (TPSA) is 26.3 Å². The number of carbonyl (C=O) groups excluding carboxylic acids is 1. The van der Waals surface area contributed by atoms with Crippen molar-refractivity contribution < 1.29 is 9.53 Å². The second-order valence-electron chi connectivity index (χ2n) is 4.65. The fourth-order valence-corrected chi connectivity index (χ4v) is 2.84. The van der Waals surface area contributed by atoms with Crippen LogP contribution in [0.4, 0.5) is 0 Å². The molecule has 0 saturated heterocycles. The average molecular weight is 287 g/mol. The van der Waals surface area contributed by atoms with Crippen molar-refractivity contribution in [1.82, 2.24) is 0 Å². The summed E-state index contributed by atoms with van der Waals surface area (Å²) in [5.74, 6) is 1.20. The van der Waals surface area contributed by atoms with Gasteiger partial charge in [-0.05, 0) is 31.0 Å². The third-order valence-corrected chi connectivity index (χ3v) is 3.70. The molecule has 18 heavy (non-hydrogen) atoms. The zero-order chi connectivity index (χ0) is 13.0. The number of carbonyl (C=O) groups is 1. The molecule has 0 spiro atoms. The minimum absolute atomic E-state index is 0.261. The molecule has 1 aromatic carbocycles. The Bertz CT molecular complexity index is 406. The molecule has 1 fully saturated rings. The number of halogens is 2. The maximum atomic E-state index is 11.8. The van der Waals surface area contributed by atoms with Gasteiger partial charge in [0.05, 0.1) is 6.61 Å². The molecule has 0 aliphatic heterocycles. The van der Waals surface area contributed by atoms with Crippen LogP contribution in [-0.4, -0.2) is 12.4 Å². The van der Waals surface area contributed by atoms with E-state index >= 15 is 0 Å². The van der Waals surface area contributed by atoms with Gasteiger partial charge in [0.15, 0.2) is 0 Å². The second kappa shape index (κ2) is 6.44. The highest BCUT2D eigenvalue weighted by Gasteiger charge is 2.22. The lowest BCUT2D eigenvalue weighted by atomic mass is 10.0. The zero-order valence-corrected chi connectivity index (χ0v) is 11.6. The molecule has 1 aliphatic rings. The Kier molecular flexibility index (Phi) is 4.90. The Morgan fingerprint density at radius 3 is 2.39 bits per heavy atom. The van der Waals surface area contributed by atoms with E-state index in [0.717, 1.165) is 12.8 Å². The molecule has 0 atom stereocenters. The summed E-state index contributed by atoms with van der Waals surface area (Å²) in [6.07, 6.45) is 4.92. The molecule has 0 aromatic heterocycles. The Hall–Kier alpha value is -0.730. The van der Waals surface area contributed by atoms with E-state index in [2.05, 4.69) is 0 Å². The van der Waals surface area contributed by atoms with E-state index < -0.39 is 0 Å². The van der Waals surface area contributed by atoms with Gasteiger partial charge in [0.2, 0.25) is 0 Å². The third kappa shape index (κ3) is 3.89. The maximum Gasteiger partial charge on any atom is 0.139 e. The number of ketones is 1. The predicted octanol–water partition coefficient (Wildman–Crippen LogP) is 4.52. The normalized spacial score (nSPS) is 15.9. The second-order valence-corrected chi connectivity index (χ2v) is 5.52. The largest absolute Gasteiger partial charge is 0.493 e. The van der Waals surface area contributed by atoms with Crippen LogP contribution >= 0.6 is 23.2 Å². The molecule has 1 saturated carbocycles. The first-order valence-electron chi connectivity index (χ1n) is 6.27. The molecule has 0 radical (unpaired) electrons. The van der Waals surface area contributed by atoms with Crippen LogP contribution in [-0.2, 0) is 4.79 Å². The van der Waals surface area contributed by atoms with E-state index in [1.54, 1.807) is 18.2 Å². The predicted molar refractivity (Wildman–Crippen MR) is 73.5 cm³/mol. The SMILES string of the molecule is O=C(CCOc1cc(Cl)cc(Cl)c1)C1CCCC1. The highest BCUT2D eigenvalue weighted by molar-refractivity contribution is 6.34. The summed E-state index contributed by atoms with van der Waals surface area (Å²) in [4.78, 5) is 11.8. The van der Waals surface area contributed by atoms with Crippen LogP contribution in [0.25, 0.3) is 0 Å². The highest BCUT2D eigenvalue weighted by Crippen LogP contribution is 2.27. The lowest BCUT2D eigenvalue weighted by Gasteiger charge is -2.09. The molecule has 1 aromatic rings. The van der Waals surface area contributed by atoms with Crippen LogP contribution in [0.3, 0.4) is 0 Å². The van der Waals surface area contributed by atoms with E-state index in [0.29, 0.717) is 34.6 Å². The number of Topliss-reactive ketones (excluding diaryl/α,β-unsaturated/α-hetero) is 1. The van der Waals surface area contributed by atoms with Crippen molar-refractivity contribution in [3.63, 3.8) is 0 Å². The van der Waals surface area contributed by atoms with E-state index in [1.165, 1.54) is 12.8 Å². The van der Waals surface area contributed by atoms with Crippen LogP contribution in [0.2, 0.25) is 10.0 Å². The van der Waals surface area contributed by atoms with Gasteiger partial charge in [-0.1, -0.05) is 36.0 Å². The molecular formula is C14H16Cl2O2. The number of ether oxygens (including phenoxy) is 1. The monoisotopic (exact) mass is 286 g/mol. The number of rotatable bonds is 5. The molecule has 0 amide bonds. The summed E-state index contributed by atoms with van der Waals surface area (Å²) in [5.41, 5.74) is 0. The van der Waals surface area contributed by atoms with Gasteiger partial charge in [0.25, 0.3) is 0 Å². The van der Waals surface area contributed by atoms with E-state index in [1.807, 2.05) is 0 Å². The fourth-order valence-electron chi connectivity index (χ4n) is 2.33. The van der Waals surface area contributed by atoms with Gasteiger partial charge in [-0.25, -0.2) is 0 Å². The first-order chi connectivity index (χ1) is 8.65. The Morgan fingerprint density at radius 1 is 1.17 bits per heavy atom. The molecular weight excluding hydrogens is 271 g/mol. The Labute approximate surface area is 117 Å². The smallest absolute Gasteiger partial charge is 0.139 e. The quantitative estimate of drug-likeness (QED) is 0.795. The molecule has 2 nitrogen and oxygen atoms in total. The van der Waals surface area contributed by atoms with Crippen molar-refractivity contribution in [2.75, 3.05) is 6.61 Å². The van der Waals surface area contributed by atoms with Gasteiger partial charge in [-0.3, -0.25) is 4.79 Å². The minimum Gasteiger partial charge on any atom is -0.493 e. The zero-order valence-electron chi connectivity index (χ0n) is 10.1. The summed E-state index contributed by atoms with van der Waals surface area (Å²) in [5, 5.41) is 1.08. The molecule has 0 unspecified atom stereocenters. The van der Waals surface area contributed by atoms with Crippen LogP contribution in [0.1, 0.15) is 32.1 Å². The van der Waals surface area contributed by atoms with Crippen molar-refractivity contribution in [2.24, 2.45) is 5.92 Å². The van der Waals surface area contributed by atoms with Gasteiger partial charge in [0.1, 0.15) is 11.5 Å². The van der Waals surface area contributed by atoms with Crippen molar-refractivity contribution in [2.45, 2.75) is 32.1 Å². The van der Waals surface area contributed by atoms with E-state index in [4.69, 9.17) is 27.9 Å². The van der Waals surface area contributed by atoms with E-state index in [-0.39, 0.29) is 5.92 Å². The molecule has 2 rings (SSSR count). The summed E-state index contributed by atoms with van der Waals surface area (Å²) >= 11 is 11.7. The van der Waals surface area contributed by atoms with Crippen molar-refractivity contribution >= 4 is 29.0 Å². The Morgan fingerprint density at radius 2 is 1.78 bits per heavy atom. The lowest BCUT2D eigenvalue weighted by Crippen LogP contribution is -2.14. The van der Waals surface area contributed by atoms with Crippen LogP contribution in [0, 0.1) is 5.92 Å². The van der Waals surface area contributed by atoms with Crippen molar-refractivity contribution in [3.05, 3.63) is 28.2 Å². The highest BCUT2D eigenvalue weighted by atomic mass is 35.5. The summed E-state index contributed by atoms with van der Waals surface area (Å²) in [7, 11) is 0. The van der Waals surface area contributed by atoms with Crippen LogP contribution in [0.15, 0.2) is 18.2 Å². The number of hydrogen-bond acceptors (Lipinski definition) is 2. The lowest BCUT2D eigenvalue weighted by molar-refractivity contribution is -0.123.